The van der Waals surface area contributed by atoms with Crippen molar-refractivity contribution >= 4 is 23.2 Å². The van der Waals surface area contributed by atoms with Gasteiger partial charge in [0.25, 0.3) is 0 Å². The smallest absolute Gasteiger partial charge is 0.228 e. The summed E-state index contributed by atoms with van der Waals surface area (Å²) in [6.45, 7) is 2.56. The van der Waals surface area contributed by atoms with Gasteiger partial charge in [-0.3, -0.25) is 9.59 Å². The highest BCUT2D eigenvalue weighted by molar-refractivity contribution is 5.99. The molecule has 1 aromatic carbocycles. The molecule has 4 rings (SSSR count). The van der Waals surface area contributed by atoms with Crippen LogP contribution in [0.25, 0.3) is 0 Å². The van der Waals surface area contributed by atoms with Crippen LogP contribution in [-0.4, -0.2) is 24.9 Å². The molecule has 0 bridgehead atoms. The molecule has 1 aliphatic heterocycles. The monoisotopic (exact) mass is 353 g/mol. The van der Waals surface area contributed by atoms with Gasteiger partial charge in [-0.1, -0.05) is 0 Å². The van der Waals surface area contributed by atoms with E-state index in [1.165, 1.54) is 18.5 Å². The van der Waals surface area contributed by atoms with Crippen LogP contribution in [0.1, 0.15) is 25.0 Å². The van der Waals surface area contributed by atoms with Crippen LogP contribution >= 0.6 is 0 Å². The van der Waals surface area contributed by atoms with Crippen molar-refractivity contribution in [3.63, 3.8) is 0 Å². The zero-order chi connectivity index (χ0) is 17.9. The van der Waals surface area contributed by atoms with E-state index in [1.807, 2.05) is 30.3 Å². The first-order valence-electron chi connectivity index (χ1n) is 9.17. The second-order valence-corrected chi connectivity index (χ2v) is 6.98. The van der Waals surface area contributed by atoms with E-state index >= 15 is 0 Å². The molecule has 2 N–H and O–H groups in total. The Kier molecular flexibility index (Phi) is 4.65. The van der Waals surface area contributed by atoms with Crippen LogP contribution < -0.4 is 15.5 Å². The van der Waals surface area contributed by atoms with Gasteiger partial charge in [0.15, 0.2) is 0 Å². The molecule has 1 aliphatic carbocycles. The van der Waals surface area contributed by atoms with E-state index in [0.29, 0.717) is 18.7 Å². The van der Waals surface area contributed by atoms with E-state index in [-0.39, 0.29) is 23.7 Å². The molecule has 2 heterocycles. The quantitative estimate of drug-likeness (QED) is 0.837. The first kappa shape index (κ1) is 16.7. The van der Waals surface area contributed by atoms with E-state index in [4.69, 9.17) is 4.42 Å². The molecule has 0 spiro atoms. The molecule has 1 saturated heterocycles. The molecule has 2 fully saturated rings. The molecule has 1 saturated carbocycles. The lowest BCUT2D eigenvalue weighted by atomic mass is 10.2. The van der Waals surface area contributed by atoms with Crippen molar-refractivity contribution in [2.75, 3.05) is 23.3 Å². The van der Waals surface area contributed by atoms with Gasteiger partial charge in [-0.05, 0) is 55.7 Å². The van der Waals surface area contributed by atoms with Gasteiger partial charge < -0.3 is 20.0 Å². The number of benzene rings is 1. The van der Waals surface area contributed by atoms with E-state index in [9.17, 15) is 9.59 Å². The van der Waals surface area contributed by atoms with Crippen molar-refractivity contribution in [3.05, 3.63) is 48.4 Å². The molecule has 0 radical (unpaired) electrons. The van der Waals surface area contributed by atoms with Crippen LogP contribution in [-0.2, 0) is 16.1 Å². The molecule has 6 nitrogen and oxygen atoms in total. The highest BCUT2D eigenvalue weighted by Crippen LogP contribution is 2.39. The highest BCUT2D eigenvalue weighted by atomic mass is 16.3. The maximum absolute atomic E-state index is 12.3. The molecule has 136 valence electrons. The van der Waals surface area contributed by atoms with Crippen LogP contribution in [0.5, 0.6) is 0 Å². The summed E-state index contributed by atoms with van der Waals surface area (Å²) >= 11 is 0. The molecule has 2 aromatic rings. The first-order valence-corrected chi connectivity index (χ1v) is 9.17. The maximum atomic E-state index is 12.3. The normalized spacial score (nSPS) is 21.5. The Bertz CT molecular complexity index is 764. The van der Waals surface area contributed by atoms with Crippen molar-refractivity contribution in [2.24, 2.45) is 11.8 Å². The van der Waals surface area contributed by atoms with Gasteiger partial charge in [-0.15, -0.1) is 0 Å². The van der Waals surface area contributed by atoms with E-state index in [0.717, 1.165) is 18.8 Å². The van der Waals surface area contributed by atoms with Crippen LogP contribution in [0.2, 0.25) is 0 Å². The van der Waals surface area contributed by atoms with Crippen molar-refractivity contribution in [2.45, 2.75) is 25.8 Å². The van der Waals surface area contributed by atoms with Crippen LogP contribution in [0.4, 0.5) is 11.4 Å². The summed E-state index contributed by atoms with van der Waals surface area (Å²) in [5, 5.41) is 5.74. The minimum absolute atomic E-state index is 0.0860. The SMILES string of the molecule is O=C(NCc1ccco1)C1CC1C(=O)Nc1ccc(N2CCCC2)cc1. The largest absolute Gasteiger partial charge is 0.467 e. The average Bonchev–Trinajstić information content (AvgIpc) is 3.04. The molecule has 2 amide bonds. The molecule has 2 aliphatic rings. The average molecular weight is 353 g/mol. The lowest BCUT2D eigenvalue weighted by molar-refractivity contribution is -0.125. The Morgan fingerprint density at radius 2 is 1.77 bits per heavy atom. The standard InChI is InChI=1S/C20H23N3O3/c24-19(21-13-16-4-3-11-26-16)17-12-18(17)20(25)22-14-5-7-15(8-6-14)23-9-1-2-10-23/h3-8,11,17-18H,1-2,9-10,12-13H2,(H,21,24)(H,22,25). The Morgan fingerprint density at radius 3 is 2.46 bits per heavy atom. The number of carbonyl (C=O) groups is 2. The number of nitrogens with zero attached hydrogens (tertiary/aromatic N) is 1. The Labute approximate surface area is 152 Å². The van der Waals surface area contributed by atoms with Crippen molar-refractivity contribution in [1.82, 2.24) is 5.32 Å². The van der Waals surface area contributed by atoms with Gasteiger partial charge in [0, 0.05) is 24.5 Å². The van der Waals surface area contributed by atoms with Gasteiger partial charge in [0.1, 0.15) is 5.76 Å². The Balaban J connectivity index is 1.25. The van der Waals surface area contributed by atoms with Crippen molar-refractivity contribution < 1.29 is 14.0 Å². The first-order chi connectivity index (χ1) is 12.7. The summed E-state index contributed by atoms with van der Waals surface area (Å²) in [5.41, 5.74) is 1.97. The zero-order valence-electron chi connectivity index (χ0n) is 14.6. The van der Waals surface area contributed by atoms with E-state index < -0.39 is 0 Å². The minimum atomic E-state index is -0.246. The van der Waals surface area contributed by atoms with Gasteiger partial charge in [-0.2, -0.15) is 0 Å². The molecule has 1 aromatic heterocycles. The number of carbonyl (C=O) groups excluding carboxylic acids is 2. The van der Waals surface area contributed by atoms with Crippen LogP contribution in [0, 0.1) is 11.8 Å². The van der Waals surface area contributed by atoms with Gasteiger partial charge in [0.05, 0.1) is 24.6 Å². The number of hydrogen-bond donors (Lipinski definition) is 2. The van der Waals surface area contributed by atoms with Gasteiger partial charge in [-0.25, -0.2) is 0 Å². The molecule has 2 unspecified atom stereocenters. The lowest BCUT2D eigenvalue weighted by Gasteiger charge is -2.17. The van der Waals surface area contributed by atoms with Crippen molar-refractivity contribution in [1.29, 1.82) is 0 Å². The summed E-state index contributed by atoms with van der Waals surface area (Å²) in [4.78, 5) is 26.8. The second kappa shape index (κ2) is 7.23. The highest BCUT2D eigenvalue weighted by Gasteiger charge is 2.47. The van der Waals surface area contributed by atoms with Gasteiger partial charge >= 0.3 is 0 Å². The number of amides is 2. The number of hydrogen-bond acceptors (Lipinski definition) is 4. The maximum Gasteiger partial charge on any atom is 0.228 e. The Morgan fingerprint density at radius 1 is 1.04 bits per heavy atom. The molecule has 6 heteroatoms. The number of furan rings is 1. The summed E-state index contributed by atoms with van der Waals surface area (Å²) in [6, 6.07) is 11.5. The van der Waals surface area contributed by atoms with Crippen molar-refractivity contribution in [3.8, 4) is 0 Å². The van der Waals surface area contributed by atoms with Gasteiger partial charge in [0.2, 0.25) is 11.8 Å². The summed E-state index contributed by atoms with van der Waals surface area (Å²) < 4.78 is 5.19. The van der Waals surface area contributed by atoms with E-state index in [2.05, 4.69) is 15.5 Å². The molecular weight excluding hydrogens is 330 g/mol. The topological polar surface area (TPSA) is 74.6 Å². The van der Waals surface area contributed by atoms with E-state index in [1.54, 1.807) is 12.3 Å². The summed E-state index contributed by atoms with van der Waals surface area (Å²) in [6.07, 6.45) is 4.65. The summed E-state index contributed by atoms with van der Waals surface area (Å²) in [7, 11) is 0. The predicted molar refractivity (Wildman–Crippen MR) is 98.7 cm³/mol. The molecule has 2 atom stereocenters. The van der Waals surface area contributed by atoms with Crippen LogP contribution in [0.3, 0.4) is 0 Å². The predicted octanol–water partition coefficient (Wildman–Crippen LogP) is 2.77. The minimum Gasteiger partial charge on any atom is -0.467 e. The lowest BCUT2D eigenvalue weighted by Crippen LogP contribution is -2.26. The zero-order valence-corrected chi connectivity index (χ0v) is 14.6. The Hall–Kier alpha value is -2.76. The number of nitrogens with one attached hydrogen (secondary N) is 2. The third-order valence-electron chi connectivity index (χ3n) is 5.09. The molecular formula is C20H23N3O3. The molecule has 26 heavy (non-hydrogen) atoms. The third kappa shape index (κ3) is 3.74. The fourth-order valence-corrected chi connectivity index (χ4v) is 3.46. The second-order valence-electron chi connectivity index (χ2n) is 6.98. The number of rotatable bonds is 6. The summed E-state index contributed by atoms with van der Waals surface area (Å²) in [5.74, 6) is 0.0415. The van der Waals surface area contributed by atoms with Crippen LogP contribution in [0.15, 0.2) is 47.1 Å². The fraction of sp³-hybridized carbons (Fsp3) is 0.400. The third-order valence-corrected chi connectivity index (χ3v) is 5.09. The fourth-order valence-electron chi connectivity index (χ4n) is 3.46. The number of anilines is 2.